The Hall–Kier alpha value is -1.39. The molecule has 2 saturated heterocycles. The molecule has 2 atom stereocenters. The van der Waals surface area contributed by atoms with Gasteiger partial charge >= 0.3 is 0 Å². The minimum atomic E-state index is 0.211. The Balaban J connectivity index is 1.52. The molecule has 3 rings (SSSR count). The first-order valence-corrected chi connectivity index (χ1v) is 10.3. The van der Waals surface area contributed by atoms with Gasteiger partial charge in [-0.25, -0.2) is 0 Å². The lowest BCUT2D eigenvalue weighted by Crippen LogP contribution is -2.39. The van der Waals surface area contributed by atoms with Crippen molar-refractivity contribution in [3.63, 3.8) is 0 Å². The van der Waals surface area contributed by atoms with Crippen LogP contribution in [0.4, 0.5) is 0 Å². The summed E-state index contributed by atoms with van der Waals surface area (Å²) in [6.45, 7) is 5.29. The van der Waals surface area contributed by atoms with Gasteiger partial charge in [-0.15, -0.1) is 0 Å². The van der Waals surface area contributed by atoms with Crippen molar-refractivity contribution in [2.24, 2.45) is 0 Å². The molecule has 2 heterocycles. The molecule has 26 heavy (non-hydrogen) atoms. The van der Waals surface area contributed by atoms with Crippen molar-refractivity contribution < 1.29 is 14.3 Å². The Kier molecular flexibility index (Phi) is 7.51. The molecule has 0 radical (unpaired) electrons. The second-order valence-corrected chi connectivity index (χ2v) is 7.74. The zero-order valence-corrected chi connectivity index (χ0v) is 16.1. The first-order chi connectivity index (χ1) is 12.7. The average Bonchev–Trinajstić information content (AvgIpc) is 3.18. The number of carbonyl (C=O) groups excluding carboxylic acids is 1. The van der Waals surface area contributed by atoms with Gasteiger partial charge in [0.15, 0.2) is 0 Å². The van der Waals surface area contributed by atoms with E-state index in [0.29, 0.717) is 6.42 Å². The summed E-state index contributed by atoms with van der Waals surface area (Å²) in [7, 11) is 0. The van der Waals surface area contributed by atoms with Gasteiger partial charge in [0.05, 0.1) is 12.2 Å². The molecule has 1 amide bonds. The largest absolute Gasteiger partial charge is 0.378 e. The van der Waals surface area contributed by atoms with Crippen LogP contribution in [-0.2, 0) is 20.7 Å². The van der Waals surface area contributed by atoms with E-state index in [9.17, 15) is 4.79 Å². The first kappa shape index (κ1) is 19.4. The minimum absolute atomic E-state index is 0.211. The van der Waals surface area contributed by atoms with Gasteiger partial charge in [0.2, 0.25) is 5.91 Å². The van der Waals surface area contributed by atoms with E-state index in [2.05, 4.69) is 31.2 Å². The fourth-order valence-corrected chi connectivity index (χ4v) is 3.85. The van der Waals surface area contributed by atoms with Crippen molar-refractivity contribution in [1.29, 1.82) is 0 Å². The van der Waals surface area contributed by atoms with Gasteiger partial charge < -0.3 is 14.4 Å². The summed E-state index contributed by atoms with van der Waals surface area (Å²) in [5, 5.41) is 0. The van der Waals surface area contributed by atoms with Gasteiger partial charge in [-0.3, -0.25) is 4.79 Å². The molecular formula is C22H33NO3. The van der Waals surface area contributed by atoms with Crippen LogP contribution in [-0.4, -0.2) is 49.3 Å². The molecule has 0 aliphatic carbocycles. The molecule has 2 unspecified atom stereocenters. The van der Waals surface area contributed by atoms with E-state index in [4.69, 9.17) is 9.47 Å². The zero-order valence-electron chi connectivity index (χ0n) is 16.1. The molecule has 4 nitrogen and oxygen atoms in total. The van der Waals surface area contributed by atoms with E-state index in [1.54, 1.807) is 0 Å². The highest BCUT2D eigenvalue weighted by Gasteiger charge is 2.23. The molecular weight excluding hydrogens is 326 g/mol. The lowest BCUT2D eigenvalue weighted by Gasteiger charge is -2.27. The highest BCUT2D eigenvalue weighted by Crippen LogP contribution is 2.19. The maximum absolute atomic E-state index is 12.9. The second-order valence-electron chi connectivity index (χ2n) is 7.74. The van der Waals surface area contributed by atoms with Crippen molar-refractivity contribution in [1.82, 2.24) is 4.90 Å². The Labute approximate surface area is 157 Å². The molecule has 0 aromatic heterocycles. The summed E-state index contributed by atoms with van der Waals surface area (Å²) < 4.78 is 11.6. The Morgan fingerprint density at radius 3 is 2.46 bits per heavy atom. The molecule has 2 aliphatic rings. The van der Waals surface area contributed by atoms with Crippen LogP contribution in [0.15, 0.2) is 24.3 Å². The summed E-state index contributed by atoms with van der Waals surface area (Å²) in [4.78, 5) is 14.9. The molecule has 0 saturated carbocycles. The highest BCUT2D eigenvalue weighted by atomic mass is 16.5. The van der Waals surface area contributed by atoms with Crippen molar-refractivity contribution in [3.05, 3.63) is 35.4 Å². The number of aryl methyl sites for hydroxylation is 1. The van der Waals surface area contributed by atoms with Gasteiger partial charge in [-0.05, 0) is 57.4 Å². The number of hydrogen-bond acceptors (Lipinski definition) is 3. The monoisotopic (exact) mass is 359 g/mol. The molecule has 4 heteroatoms. The number of amides is 1. The van der Waals surface area contributed by atoms with Gasteiger partial charge in [-0.1, -0.05) is 29.8 Å². The zero-order chi connectivity index (χ0) is 18.2. The third-order valence-electron chi connectivity index (χ3n) is 5.55. The standard InChI is InChI=1S/C22H33NO3/c1-18-7-9-19(10-8-18)13-14-23(17-21-6-4-16-26-21)22(24)12-11-20-5-2-3-15-25-20/h7-10,20-21H,2-6,11-17H2,1H3. The van der Waals surface area contributed by atoms with E-state index < -0.39 is 0 Å². The smallest absolute Gasteiger partial charge is 0.222 e. The van der Waals surface area contributed by atoms with E-state index in [-0.39, 0.29) is 18.1 Å². The minimum Gasteiger partial charge on any atom is -0.378 e. The van der Waals surface area contributed by atoms with E-state index in [1.165, 1.54) is 17.5 Å². The van der Waals surface area contributed by atoms with Crippen LogP contribution in [0.25, 0.3) is 0 Å². The summed E-state index contributed by atoms with van der Waals surface area (Å²) in [6.07, 6.45) is 8.49. The van der Waals surface area contributed by atoms with Gasteiger partial charge in [0, 0.05) is 32.7 Å². The van der Waals surface area contributed by atoms with Crippen molar-refractivity contribution in [2.75, 3.05) is 26.3 Å². The first-order valence-electron chi connectivity index (χ1n) is 10.3. The van der Waals surface area contributed by atoms with Crippen LogP contribution in [0.2, 0.25) is 0 Å². The highest BCUT2D eigenvalue weighted by molar-refractivity contribution is 5.76. The van der Waals surface area contributed by atoms with Crippen LogP contribution in [0, 0.1) is 6.92 Å². The number of benzene rings is 1. The summed E-state index contributed by atoms with van der Waals surface area (Å²) in [5.41, 5.74) is 2.56. The van der Waals surface area contributed by atoms with Crippen LogP contribution in [0.1, 0.15) is 56.1 Å². The van der Waals surface area contributed by atoms with Crippen molar-refractivity contribution >= 4 is 5.91 Å². The van der Waals surface area contributed by atoms with Crippen LogP contribution >= 0.6 is 0 Å². The predicted octanol–water partition coefficient (Wildman–Crippen LogP) is 3.89. The molecule has 0 N–H and O–H groups in total. The fraction of sp³-hybridized carbons (Fsp3) is 0.682. The molecule has 2 fully saturated rings. The van der Waals surface area contributed by atoms with Gasteiger partial charge in [0.1, 0.15) is 0 Å². The van der Waals surface area contributed by atoms with Crippen LogP contribution in [0.3, 0.4) is 0 Å². The maximum atomic E-state index is 12.9. The SMILES string of the molecule is Cc1ccc(CCN(CC2CCCO2)C(=O)CCC2CCCCO2)cc1. The molecule has 1 aromatic carbocycles. The summed E-state index contributed by atoms with van der Waals surface area (Å²) in [5.74, 6) is 0.252. The number of ether oxygens (including phenoxy) is 2. The van der Waals surface area contributed by atoms with Crippen molar-refractivity contribution in [3.8, 4) is 0 Å². The average molecular weight is 360 g/mol. The van der Waals surface area contributed by atoms with Crippen LogP contribution in [0.5, 0.6) is 0 Å². The van der Waals surface area contributed by atoms with Gasteiger partial charge in [-0.2, -0.15) is 0 Å². The molecule has 0 bridgehead atoms. The second kappa shape index (κ2) is 10.1. The third kappa shape index (κ3) is 6.10. The molecule has 0 spiro atoms. The normalized spacial score (nSPS) is 23.1. The quantitative estimate of drug-likeness (QED) is 0.707. The molecule has 144 valence electrons. The fourth-order valence-electron chi connectivity index (χ4n) is 3.85. The number of rotatable bonds is 8. The van der Waals surface area contributed by atoms with Crippen molar-refractivity contribution in [2.45, 2.75) is 70.5 Å². The maximum Gasteiger partial charge on any atom is 0.222 e. The molecule has 1 aromatic rings. The third-order valence-corrected chi connectivity index (χ3v) is 5.55. The topological polar surface area (TPSA) is 38.8 Å². The Morgan fingerprint density at radius 2 is 1.77 bits per heavy atom. The van der Waals surface area contributed by atoms with E-state index >= 15 is 0 Å². The Morgan fingerprint density at radius 1 is 1.04 bits per heavy atom. The number of nitrogens with zero attached hydrogens (tertiary/aromatic N) is 1. The predicted molar refractivity (Wildman–Crippen MR) is 103 cm³/mol. The number of hydrogen-bond donors (Lipinski definition) is 0. The number of carbonyl (C=O) groups is 1. The molecule has 2 aliphatic heterocycles. The summed E-state index contributed by atoms with van der Waals surface area (Å²) in [6, 6.07) is 8.61. The lowest BCUT2D eigenvalue weighted by molar-refractivity contribution is -0.133. The lowest BCUT2D eigenvalue weighted by atomic mass is 10.0. The summed E-state index contributed by atoms with van der Waals surface area (Å²) >= 11 is 0. The van der Waals surface area contributed by atoms with Gasteiger partial charge in [0.25, 0.3) is 0 Å². The van der Waals surface area contributed by atoms with Crippen LogP contribution < -0.4 is 0 Å². The van der Waals surface area contributed by atoms with E-state index in [1.807, 2.05) is 4.90 Å². The Bertz CT molecular complexity index is 545. The van der Waals surface area contributed by atoms with E-state index in [0.717, 1.165) is 64.8 Å².